The number of rotatable bonds is 5. The molecule has 1 atom stereocenters. The van der Waals surface area contributed by atoms with Gasteiger partial charge in [-0.25, -0.2) is 4.52 Å². The second-order valence-electron chi connectivity index (χ2n) is 9.35. The molecule has 0 unspecified atom stereocenters. The van der Waals surface area contributed by atoms with Gasteiger partial charge in [-0.05, 0) is 44.0 Å². The first kappa shape index (κ1) is 24.8. The van der Waals surface area contributed by atoms with Crippen LogP contribution in [0.15, 0.2) is 36.7 Å². The first-order valence-electron chi connectivity index (χ1n) is 12.1. The summed E-state index contributed by atoms with van der Waals surface area (Å²) in [5, 5.41) is 8.00. The van der Waals surface area contributed by atoms with E-state index >= 15 is 0 Å². The summed E-state index contributed by atoms with van der Waals surface area (Å²) in [4.78, 5) is 41.9. The number of ether oxygens (including phenoxy) is 1. The average molecular weight is 520 g/mol. The standard InChI is InChI=1S/C27H29N5O4S/c1-15-21(27(35)31-11-9-18(13-31)30(5)17(3)33)14-32-25(15)22(8-10-29-32)36-19-6-7-20-23(12-19)37-16(2)24(20)26(34)28-4/h6-8,10,12,14,18H,9,11,13H2,1-5H3,(H,28,34)/t18-/m1/s1. The summed E-state index contributed by atoms with van der Waals surface area (Å²) in [5.41, 5.74) is 2.75. The van der Waals surface area contributed by atoms with E-state index in [0.29, 0.717) is 35.7 Å². The highest BCUT2D eigenvalue weighted by Crippen LogP contribution is 2.36. The molecule has 1 aliphatic rings. The van der Waals surface area contributed by atoms with Crippen molar-refractivity contribution in [3.05, 3.63) is 58.2 Å². The van der Waals surface area contributed by atoms with Crippen LogP contribution in [0.2, 0.25) is 0 Å². The van der Waals surface area contributed by atoms with E-state index in [4.69, 9.17) is 4.74 Å². The number of aryl methyl sites for hydroxylation is 2. The average Bonchev–Trinajstić information content (AvgIpc) is 3.58. The van der Waals surface area contributed by atoms with Crippen molar-refractivity contribution in [3.8, 4) is 11.5 Å². The molecule has 9 nitrogen and oxygen atoms in total. The van der Waals surface area contributed by atoms with Gasteiger partial charge in [0.15, 0.2) is 5.75 Å². The highest BCUT2D eigenvalue weighted by molar-refractivity contribution is 7.19. The Hall–Kier alpha value is -3.92. The number of aromatic nitrogens is 2. The summed E-state index contributed by atoms with van der Waals surface area (Å²) in [7, 11) is 3.41. The number of carbonyl (C=O) groups is 3. The molecule has 1 saturated heterocycles. The van der Waals surface area contributed by atoms with Crippen molar-refractivity contribution in [1.82, 2.24) is 24.7 Å². The van der Waals surface area contributed by atoms with Gasteiger partial charge in [0, 0.05) is 61.3 Å². The Morgan fingerprint density at radius 1 is 1.22 bits per heavy atom. The summed E-state index contributed by atoms with van der Waals surface area (Å²) >= 11 is 1.55. The lowest BCUT2D eigenvalue weighted by Crippen LogP contribution is -2.39. The molecule has 5 rings (SSSR count). The molecule has 0 bridgehead atoms. The van der Waals surface area contributed by atoms with Gasteiger partial charge in [-0.1, -0.05) is 0 Å². The van der Waals surface area contributed by atoms with E-state index in [0.717, 1.165) is 32.5 Å². The van der Waals surface area contributed by atoms with Crippen molar-refractivity contribution in [2.75, 3.05) is 27.2 Å². The number of hydrogen-bond acceptors (Lipinski definition) is 6. The first-order valence-corrected chi connectivity index (χ1v) is 12.9. The zero-order valence-corrected chi connectivity index (χ0v) is 22.3. The Balaban J connectivity index is 1.44. The molecule has 0 spiro atoms. The predicted molar refractivity (Wildman–Crippen MR) is 143 cm³/mol. The minimum atomic E-state index is -0.105. The molecule has 1 fully saturated rings. The summed E-state index contributed by atoms with van der Waals surface area (Å²) in [6.07, 6.45) is 4.14. The Labute approximate surface area is 218 Å². The highest BCUT2D eigenvalue weighted by Gasteiger charge is 2.32. The number of carbonyl (C=O) groups excluding carboxylic acids is 3. The normalized spacial score (nSPS) is 15.4. The van der Waals surface area contributed by atoms with Gasteiger partial charge in [0.05, 0.1) is 23.4 Å². The zero-order valence-electron chi connectivity index (χ0n) is 21.5. The molecule has 0 aliphatic carbocycles. The molecular formula is C27H29N5O4S. The van der Waals surface area contributed by atoms with Gasteiger partial charge in [-0.15, -0.1) is 11.3 Å². The fraction of sp³-hybridized carbons (Fsp3) is 0.333. The Morgan fingerprint density at radius 3 is 2.73 bits per heavy atom. The van der Waals surface area contributed by atoms with E-state index in [9.17, 15) is 14.4 Å². The molecule has 1 aromatic carbocycles. The minimum absolute atomic E-state index is 0.00294. The predicted octanol–water partition coefficient (Wildman–Crippen LogP) is 4.01. The van der Waals surface area contributed by atoms with Crippen LogP contribution in [0.3, 0.4) is 0 Å². The number of likely N-dealkylation sites (tertiary alicyclic amines) is 1. The van der Waals surface area contributed by atoms with Crippen LogP contribution >= 0.6 is 11.3 Å². The molecule has 10 heteroatoms. The van der Waals surface area contributed by atoms with Crippen LogP contribution in [0.4, 0.5) is 0 Å². The van der Waals surface area contributed by atoms with Crippen LogP contribution in [0.25, 0.3) is 15.6 Å². The molecule has 4 aromatic rings. The van der Waals surface area contributed by atoms with Crippen LogP contribution in [0, 0.1) is 13.8 Å². The van der Waals surface area contributed by atoms with Gasteiger partial charge in [0.1, 0.15) is 11.3 Å². The zero-order chi connectivity index (χ0) is 26.4. The number of nitrogens with one attached hydrogen (secondary N) is 1. The number of nitrogens with zero attached hydrogens (tertiary/aromatic N) is 4. The quantitative estimate of drug-likeness (QED) is 0.430. The SMILES string of the molecule is CNC(=O)c1c(C)sc2cc(Oc3ccnn4cc(C(=O)N5CC[C@@H](N(C)C(C)=O)C5)c(C)c34)ccc12. The van der Waals surface area contributed by atoms with Crippen molar-refractivity contribution in [2.24, 2.45) is 0 Å². The van der Waals surface area contributed by atoms with E-state index in [1.54, 1.807) is 65.1 Å². The monoisotopic (exact) mass is 519 g/mol. The summed E-state index contributed by atoms with van der Waals surface area (Å²) in [6, 6.07) is 7.48. The Morgan fingerprint density at radius 2 is 2.00 bits per heavy atom. The third-order valence-corrected chi connectivity index (χ3v) is 8.20. The Bertz CT molecular complexity index is 1560. The van der Waals surface area contributed by atoms with Gasteiger partial charge < -0.3 is 19.9 Å². The molecule has 1 aliphatic heterocycles. The lowest BCUT2D eigenvalue weighted by Gasteiger charge is -2.23. The number of fused-ring (bicyclic) bond motifs is 2. The van der Waals surface area contributed by atoms with Crippen LogP contribution in [0.5, 0.6) is 11.5 Å². The summed E-state index contributed by atoms with van der Waals surface area (Å²) in [6.45, 7) is 6.48. The third kappa shape index (κ3) is 4.31. The maximum atomic E-state index is 13.4. The summed E-state index contributed by atoms with van der Waals surface area (Å²) < 4.78 is 8.92. The van der Waals surface area contributed by atoms with Crippen LogP contribution in [-0.2, 0) is 4.79 Å². The van der Waals surface area contributed by atoms with Gasteiger partial charge in [0.2, 0.25) is 5.91 Å². The molecule has 3 aromatic heterocycles. The molecule has 0 radical (unpaired) electrons. The third-order valence-electron chi connectivity index (χ3n) is 7.13. The number of amides is 3. The van der Waals surface area contributed by atoms with E-state index < -0.39 is 0 Å². The highest BCUT2D eigenvalue weighted by atomic mass is 32.1. The minimum Gasteiger partial charge on any atom is -0.455 e. The largest absolute Gasteiger partial charge is 0.455 e. The van der Waals surface area contributed by atoms with Gasteiger partial charge in [-0.3, -0.25) is 14.4 Å². The molecule has 3 amide bonds. The first-order chi connectivity index (χ1) is 17.7. The van der Waals surface area contributed by atoms with E-state index in [1.165, 1.54) is 0 Å². The number of hydrogen-bond donors (Lipinski definition) is 1. The van der Waals surface area contributed by atoms with Gasteiger partial charge in [-0.2, -0.15) is 5.10 Å². The fourth-order valence-corrected chi connectivity index (χ4v) is 6.08. The lowest BCUT2D eigenvalue weighted by atomic mass is 10.1. The molecule has 1 N–H and O–H groups in total. The summed E-state index contributed by atoms with van der Waals surface area (Å²) in [5.74, 6) is 1.03. The van der Waals surface area contributed by atoms with Crippen LogP contribution in [0.1, 0.15) is 44.5 Å². The molecule has 4 heterocycles. The topological polar surface area (TPSA) is 96.2 Å². The molecule has 192 valence electrons. The number of benzene rings is 1. The van der Waals surface area contributed by atoms with Gasteiger partial charge >= 0.3 is 0 Å². The number of likely N-dealkylation sites (N-methyl/N-ethyl adjacent to an activating group) is 1. The van der Waals surface area contributed by atoms with Crippen molar-refractivity contribution in [2.45, 2.75) is 33.2 Å². The van der Waals surface area contributed by atoms with Gasteiger partial charge in [0.25, 0.3) is 11.8 Å². The lowest BCUT2D eigenvalue weighted by molar-refractivity contribution is -0.129. The van der Waals surface area contributed by atoms with E-state index in [-0.39, 0.29) is 23.8 Å². The smallest absolute Gasteiger partial charge is 0.255 e. The van der Waals surface area contributed by atoms with Crippen LogP contribution in [-0.4, -0.2) is 70.4 Å². The van der Waals surface area contributed by atoms with Crippen molar-refractivity contribution in [1.29, 1.82) is 0 Å². The Kier molecular flexibility index (Phi) is 6.36. The maximum absolute atomic E-state index is 13.4. The second kappa shape index (κ2) is 9.51. The van der Waals surface area contributed by atoms with E-state index in [2.05, 4.69) is 10.4 Å². The molecule has 0 saturated carbocycles. The van der Waals surface area contributed by atoms with Crippen molar-refractivity contribution >= 4 is 44.7 Å². The number of thiophene rings is 1. The molecule has 37 heavy (non-hydrogen) atoms. The molecular weight excluding hydrogens is 490 g/mol. The fourth-order valence-electron chi connectivity index (χ4n) is 4.99. The van der Waals surface area contributed by atoms with Crippen LogP contribution < -0.4 is 10.1 Å². The van der Waals surface area contributed by atoms with E-state index in [1.807, 2.05) is 32.0 Å². The second-order valence-corrected chi connectivity index (χ2v) is 10.6. The van der Waals surface area contributed by atoms with Crippen molar-refractivity contribution in [3.63, 3.8) is 0 Å². The van der Waals surface area contributed by atoms with Crippen molar-refractivity contribution < 1.29 is 19.1 Å². The maximum Gasteiger partial charge on any atom is 0.255 e.